The Labute approximate surface area is 354 Å². The van der Waals surface area contributed by atoms with Crippen LogP contribution in [0.5, 0.6) is 5.75 Å². The van der Waals surface area contributed by atoms with E-state index in [1.54, 1.807) is 70.2 Å². The number of nitrogens with one attached hydrogen (secondary N) is 6. The third-order valence-corrected chi connectivity index (χ3v) is 8.58. The highest BCUT2D eigenvalue weighted by atomic mass is 19.4. The van der Waals surface area contributed by atoms with Crippen LogP contribution in [0.4, 0.5) is 13.2 Å². The molecule has 0 fully saturated rings. The van der Waals surface area contributed by atoms with E-state index in [1.807, 2.05) is 0 Å². The number of hydrogen-bond donors (Lipinski definition) is 11. The molecule has 342 valence electrons. The molecule has 0 aliphatic rings. The van der Waals surface area contributed by atoms with E-state index in [9.17, 15) is 61.7 Å². The monoisotopic (exact) mass is 882 g/mol. The molecule has 0 saturated carbocycles. The van der Waals surface area contributed by atoms with E-state index in [-0.39, 0.29) is 18.6 Å². The molecule has 0 spiro atoms. The maximum atomic E-state index is 13.7. The lowest BCUT2D eigenvalue weighted by Gasteiger charge is -2.29. The fourth-order valence-corrected chi connectivity index (χ4v) is 5.23. The predicted molar refractivity (Wildman–Crippen MR) is 213 cm³/mol. The Hall–Kier alpha value is -6.78. The molecule has 2 aromatic carbocycles. The highest BCUT2D eigenvalue weighted by Crippen LogP contribution is 2.14. The second-order valence-electron chi connectivity index (χ2n) is 14.6. The largest absolute Gasteiger partial charge is 0.508 e. The van der Waals surface area contributed by atoms with Crippen LogP contribution in [0.25, 0.3) is 0 Å². The number of phenolic OH excluding ortho intramolecular Hbond substituents is 1. The van der Waals surface area contributed by atoms with E-state index in [1.165, 1.54) is 19.1 Å². The molecule has 0 aliphatic carbocycles. The first-order valence-electron chi connectivity index (χ1n) is 18.9. The maximum Gasteiger partial charge on any atom is 0.490 e. The van der Waals surface area contributed by atoms with Gasteiger partial charge in [-0.25, -0.2) is 4.79 Å². The summed E-state index contributed by atoms with van der Waals surface area (Å²) in [4.78, 5) is 111. The first kappa shape index (κ1) is 53.2. The molecule has 23 heteroatoms. The van der Waals surface area contributed by atoms with E-state index in [2.05, 4.69) is 31.9 Å². The summed E-state index contributed by atoms with van der Waals surface area (Å²) in [5, 5.41) is 41.0. The number of carboxylic acids is 2. The summed E-state index contributed by atoms with van der Waals surface area (Å²) in [5.74, 6) is -10.9. The van der Waals surface area contributed by atoms with Crippen LogP contribution in [0.2, 0.25) is 0 Å². The Kier molecular flexibility index (Phi) is 21.6. The number of primary amides is 1. The Bertz CT molecular complexity index is 1880. The Morgan fingerprint density at radius 1 is 0.613 bits per heavy atom. The van der Waals surface area contributed by atoms with Crippen molar-refractivity contribution in [2.75, 3.05) is 6.54 Å². The van der Waals surface area contributed by atoms with Crippen LogP contribution in [0, 0.1) is 11.8 Å². The number of aromatic hydroxyl groups is 1. The number of alkyl halides is 3. The van der Waals surface area contributed by atoms with Gasteiger partial charge in [0.25, 0.3) is 0 Å². The number of amides is 7. The average molecular weight is 883 g/mol. The molecule has 0 saturated heterocycles. The molecule has 6 atom stereocenters. The number of aliphatic carboxylic acids is 2. The summed E-state index contributed by atoms with van der Waals surface area (Å²) >= 11 is 0. The van der Waals surface area contributed by atoms with Crippen molar-refractivity contribution in [2.24, 2.45) is 23.3 Å². The van der Waals surface area contributed by atoms with Crippen LogP contribution >= 0.6 is 0 Å². The summed E-state index contributed by atoms with van der Waals surface area (Å²) in [6.45, 7) is 7.39. The summed E-state index contributed by atoms with van der Waals surface area (Å²) in [6, 6.07) is 6.87. The van der Waals surface area contributed by atoms with Gasteiger partial charge >= 0.3 is 18.1 Å². The SMILES string of the molecule is CC(C)[C@H](NC(=O)[C@H](CC(=O)O)NC(=O)[C@H](Cc1ccccc1)NC(=O)[C@@H](C)NC(=O)[C@@H](N)Cc1ccc(O)cc1)C(=O)N[C@H](C(=O)NCC(N)=O)C(C)C.O=C(O)C(F)(F)F. The Morgan fingerprint density at radius 2 is 1.08 bits per heavy atom. The minimum Gasteiger partial charge on any atom is -0.508 e. The normalized spacial score (nSPS) is 13.9. The fraction of sp³-hybridized carbons (Fsp3) is 0.462. The van der Waals surface area contributed by atoms with Crippen LogP contribution in [-0.4, -0.2) is 118 Å². The number of nitrogens with two attached hydrogens (primary N) is 2. The van der Waals surface area contributed by atoms with Crippen molar-refractivity contribution in [2.45, 2.75) is 96.3 Å². The number of carboxylic acid groups (broad SMARTS) is 2. The van der Waals surface area contributed by atoms with E-state index in [0.29, 0.717) is 11.1 Å². The van der Waals surface area contributed by atoms with Crippen molar-refractivity contribution in [1.29, 1.82) is 0 Å². The molecule has 0 aliphatic heterocycles. The van der Waals surface area contributed by atoms with Crippen LogP contribution in [0.15, 0.2) is 54.6 Å². The van der Waals surface area contributed by atoms with Gasteiger partial charge in [-0.15, -0.1) is 0 Å². The van der Waals surface area contributed by atoms with Gasteiger partial charge in [-0.2, -0.15) is 13.2 Å². The van der Waals surface area contributed by atoms with E-state index < -0.39 is 121 Å². The van der Waals surface area contributed by atoms with Gasteiger partial charge in [-0.1, -0.05) is 70.2 Å². The van der Waals surface area contributed by atoms with E-state index in [0.717, 1.165) is 0 Å². The molecule has 0 bridgehead atoms. The van der Waals surface area contributed by atoms with Gasteiger partial charge < -0.3 is 58.7 Å². The van der Waals surface area contributed by atoms with Gasteiger partial charge in [-0.3, -0.25) is 38.4 Å². The van der Waals surface area contributed by atoms with Gasteiger partial charge in [0.05, 0.1) is 19.0 Å². The van der Waals surface area contributed by atoms with Crippen LogP contribution in [-0.2, 0) is 56.0 Å². The van der Waals surface area contributed by atoms with E-state index in [4.69, 9.17) is 21.4 Å². The average Bonchev–Trinajstić information content (AvgIpc) is 3.17. The van der Waals surface area contributed by atoms with Crippen molar-refractivity contribution in [3.8, 4) is 5.75 Å². The predicted octanol–water partition coefficient (Wildman–Crippen LogP) is -1.03. The minimum atomic E-state index is -5.08. The zero-order valence-electron chi connectivity index (χ0n) is 34.4. The van der Waals surface area contributed by atoms with Crippen molar-refractivity contribution >= 4 is 53.3 Å². The molecule has 0 radical (unpaired) electrons. The van der Waals surface area contributed by atoms with Crippen molar-refractivity contribution in [3.05, 3.63) is 65.7 Å². The van der Waals surface area contributed by atoms with Crippen molar-refractivity contribution in [3.63, 3.8) is 0 Å². The highest BCUT2D eigenvalue weighted by Gasteiger charge is 2.38. The first-order valence-corrected chi connectivity index (χ1v) is 18.9. The molecule has 7 amide bonds. The van der Waals surface area contributed by atoms with Crippen molar-refractivity contribution < 1.29 is 71.6 Å². The quantitative estimate of drug-likeness (QED) is 0.0716. The molecule has 0 unspecified atom stereocenters. The number of rotatable bonds is 21. The number of benzene rings is 2. The molecule has 2 aromatic rings. The lowest BCUT2D eigenvalue weighted by molar-refractivity contribution is -0.192. The van der Waals surface area contributed by atoms with Crippen LogP contribution < -0.4 is 43.4 Å². The molecule has 2 rings (SSSR count). The van der Waals surface area contributed by atoms with Gasteiger partial charge in [0.15, 0.2) is 0 Å². The van der Waals surface area contributed by atoms with Gasteiger partial charge in [0.1, 0.15) is 36.0 Å². The third-order valence-electron chi connectivity index (χ3n) is 8.58. The number of carbonyl (C=O) groups is 9. The lowest BCUT2D eigenvalue weighted by atomic mass is 9.99. The molecular formula is C39H53F3N8O12. The Morgan fingerprint density at radius 3 is 1.56 bits per heavy atom. The third kappa shape index (κ3) is 19.5. The van der Waals surface area contributed by atoms with Gasteiger partial charge in [-0.05, 0) is 48.4 Å². The zero-order valence-corrected chi connectivity index (χ0v) is 34.4. The van der Waals surface area contributed by atoms with E-state index >= 15 is 0 Å². The second kappa shape index (κ2) is 25.1. The Balaban J connectivity index is 0.00000251. The summed E-state index contributed by atoms with van der Waals surface area (Å²) < 4.78 is 31.7. The molecule has 0 heterocycles. The smallest absolute Gasteiger partial charge is 0.490 e. The molecule has 20 nitrogen and oxygen atoms in total. The second-order valence-corrected chi connectivity index (χ2v) is 14.6. The van der Waals surface area contributed by atoms with Gasteiger partial charge in [0, 0.05) is 6.42 Å². The number of phenols is 1. The maximum absolute atomic E-state index is 13.7. The number of carbonyl (C=O) groups excluding carboxylic acids is 7. The molecule has 62 heavy (non-hydrogen) atoms. The number of halogens is 3. The number of hydrogen-bond acceptors (Lipinski definition) is 11. The lowest BCUT2D eigenvalue weighted by Crippen LogP contribution is -2.61. The summed E-state index contributed by atoms with van der Waals surface area (Å²) in [5.41, 5.74) is 12.4. The standard InChI is InChI=1S/C37H52N8O10.C2HF3O2/c1-19(2)30(36(54)40-18-28(39)47)45-37(55)31(20(3)4)44-35(53)27(17-29(48)49)43-34(52)26(16-22-9-7-6-8-10-22)42-32(50)21(5)41-33(51)25(38)15-23-11-13-24(46)14-12-23;3-2(4,5)1(6)7/h6-14,19-21,25-27,30-31,46H,15-18,38H2,1-5H3,(H2,39,47)(H,40,54)(H,41,51)(H,42,50)(H,43,52)(H,44,53)(H,45,55)(H,48,49);(H,6,7)/t21-,25+,26+,27+,30+,31+;/m1./s1. The summed E-state index contributed by atoms with van der Waals surface area (Å²) in [7, 11) is 0. The zero-order chi connectivity index (χ0) is 47.5. The molecule has 0 aromatic heterocycles. The van der Waals surface area contributed by atoms with Crippen LogP contribution in [0.3, 0.4) is 0 Å². The molecular weight excluding hydrogens is 829 g/mol. The van der Waals surface area contributed by atoms with Crippen LogP contribution in [0.1, 0.15) is 52.2 Å². The highest BCUT2D eigenvalue weighted by molar-refractivity contribution is 5.98. The van der Waals surface area contributed by atoms with Gasteiger partial charge in [0.2, 0.25) is 41.4 Å². The minimum absolute atomic E-state index is 0.0428. The summed E-state index contributed by atoms with van der Waals surface area (Å²) in [6.07, 6.45) is -5.96. The topological polar surface area (TPSA) is 339 Å². The fourth-order valence-electron chi connectivity index (χ4n) is 5.23. The first-order chi connectivity index (χ1) is 28.7. The van der Waals surface area contributed by atoms with Crippen molar-refractivity contribution in [1.82, 2.24) is 31.9 Å². The molecule has 13 N–H and O–H groups in total.